The van der Waals surface area contributed by atoms with Crippen LogP contribution in [0.2, 0.25) is 0 Å². The summed E-state index contributed by atoms with van der Waals surface area (Å²) in [5.74, 6) is -0.160. The number of carbonyl (C=O) groups is 1. The molecular formula is C20H27N3O2S. The zero-order chi connectivity index (χ0) is 18.7. The highest BCUT2D eigenvalue weighted by molar-refractivity contribution is 7.09. The molecule has 0 saturated carbocycles. The first-order valence-electron chi connectivity index (χ1n) is 9.02. The number of likely N-dealkylation sites (tertiary alicyclic amines) is 1. The second-order valence-electron chi connectivity index (χ2n) is 7.41. The molecule has 0 spiro atoms. The molecule has 140 valence electrons. The van der Waals surface area contributed by atoms with Crippen molar-refractivity contribution < 1.29 is 9.90 Å². The Morgan fingerprint density at radius 1 is 1.38 bits per heavy atom. The number of carbonyl (C=O) groups excluding carboxylic acids is 1. The maximum absolute atomic E-state index is 13.0. The van der Waals surface area contributed by atoms with E-state index in [9.17, 15) is 9.90 Å². The summed E-state index contributed by atoms with van der Waals surface area (Å²) < 4.78 is 0. The first-order valence-corrected chi connectivity index (χ1v) is 9.90. The van der Waals surface area contributed by atoms with E-state index in [1.54, 1.807) is 16.2 Å². The molecule has 1 fully saturated rings. The molecule has 0 aliphatic carbocycles. The van der Waals surface area contributed by atoms with Gasteiger partial charge in [0.25, 0.3) is 5.91 Å². The van der Waals surface area contributed by atoms with Crippen molar-refractivity contribution in [1.82, 2.24) is 14.8 Å². The Balaban J connectivity index is 1.65. The summed E-state index contributed by atoms with van der Waals surface area (Å²) in [7, 11) is 1.93. The van der Waals surface area contributed by atoms with Crippen LogP contribution in [0.3, 0.4) is 0 Å². The van der Waals surface area contributed by atoms with Gasteiger partial charge in [0, 0.05) is 30.7 Å². The summed E-state index contributed by atoms with van der Waals surface area (Å²) in [6, 6.07) is 8.19. The Kier molecular flexibility index (Phi) is 5.75. The lowest BCUT2D eigenvalue weighted by atomic mass is 9.90. The van der Waals surface area contributed by atoms with E-state index < -0.39 is 5.60 Å². The number of piperidine rings is 1. The average Bonchev–Trinajstić information content (AvgIpc) is 2.97. The number of nitrogens with zero attached hydrogens (tertiary/aromatic N) is 3. The minimum absolute atomic E-state index is 0.160. The van der Waals surface area contributed by atoms with E-state index in [0.29, 0.717) is 32.6 Å². The highest BCUT2D eigenvalue weighted by Gasteiger charge is 2.42. The molecule has 1 N–H and O–H groups in total. The van der Waals surface area contributed by atoms with Crippen LogP contribution in [-0.4, -0.2) is 51.5 Å². The van der Waals surface area contributed by atoms with Gasteiger partial charge < -0.3 is 10.0 Å². The molecule has 0 bridgehead atoms. The summed E-state index contributed by atoms with van der Waals surface area (Å²) in [6.07, 6.45) is 1.33. The van der Waals surface area contributed by atoms with E-state index in [4.69, 9.17) is 0 Å². The first-order chi connectivity index (χ1) is 12.4. The molecule has 1 saturated heterocycles. The Labute approximate surface area is 159 Å². The summed E-state index contributed by atoms with van der Waals surface area (Å²) in [6.45, 7) is 6.25. The fourth-order valence-corrected chi connectivity index (χ4v) is 4.45. The summed E-state index contributed by atoms with van der Waals surface area (Å²) in [5, 5.41) is 14.1. The highest BCUT2D eigenvalue weighted by Crippen LogP contribution is 2.26. The molecule has 6 heteroatoms. The maximum Gasteiger partial charge on any atom is 0.256 e. The van der Waals surface area contributed by atoms with E-state index in [1.165, 1.54) is 5.56 Å². The van der Waals surface area contributed by atoms with Gasteiger partial charge in [0.1, 0.15) is 5.01 Å². The SMILES string of the molecule is Cc1cccc(CN2CCC[C@](O)(CN(C)Cc3nc(C)cs3)C2=O)c1. The number of aliphatic hydroxyl groups is 1. The van der Waals surface area contributed by atoms with Crippen LogP contribution in [0.1, 0.15) is 34.7 Å². The smallest absolute Gasteiger partial charge is 0.256 e. The minimum Gasteiger partial charge on any atom is -0.379 e. The lowest BCUT2D eigenvalue weighted by molar-refractivity contribution is -0.160. The van der Waals surface area contributed by atoms with Crippen LogP contribution in [0.15, 0.2) is 29.6 Å². The summed E-state index contributed by atoms with van der Waals surface area (Å²) in [5.41, 5.74) is 1.98. The first kappa shape index (κ1) is 19.0. The quantitative estimate of drug-likeness (QED) is 0.846. The van der Waals surface area contributed by atoms with Gasteiger partial charge in [-0.15, -0.1) is 11.3 Å². The van der Waals surface area contributed by atoms with Crippen LogP contribution in [0.4, 0.5) is 0 Å². The molecule has 26 heavy (non-hydrogen) atoms. The number of hydrogen-bond acceptors (Lipinski definition) is 5. The van der Waals surface area contributed by atoms with Crippen molar-refractivity contribution in [3.05, 3.63) is 51.5 Å². The van der Waals surface area contributed by atoms with Crippen molar-refractivity contribution in [3.63, 3.8) is 0 Å². The minimum atomic E-state index is -1.32. The van der Waals surface area contributed by atoms with Crippen molar-refractivity contribution in [2.75, 3.05) is 20.1 Å². The third-order valence-electron chi connectivity index (χ3n) is 4.76. The zero-order valence-corrected chi connectivity index (χ0v) is 16.6. The van der Waals surface area contributed by atoms with Crippen molar-refractivity contribution in [3.8, 4) is 0 Å². The van der Waals surface area contributed by atoms with E-state index in [1.807, 2.05) is 49.4 Å². The number of likely N-dealkylation sites (N-methyl/N-ethyl adjacent to an activating group) is 1. The van der Waals surface area contributed by atoms with Gasteiger partial charge in [-0.2, -0.15) is 0 Å². The highest BCUT2D eigenvalue weighted by atomic mass is 32.1. The number of aryl methyl sites for hydroxylation is 2. The van der Waals surface area contributed by atoms with Gasteiger partial charge in [0.2, 0.25) is 0 Å². The molecule has 5 nitrogen and oxygen atoms in total. The Morgan fingerprint density at radius 2 is 2.19 bits per heavy atom. The van der Waals surface area contributed by atoms with Crippen LogP contribution < -0.4 is 0 Å². The van der Waals surface area contributed by atoms with Crippen molar-refractivity contribution in [2.24, 2.45) is 0 Å². The van der Waals surface area contributed by atoms with Gasteiger partial charge in [0.15, 0.2) is 5.60 Å². The van der Waals surface area contributed by atoms with Gasteiger partial charge in [-0.05, 0) is 39.3 Å². The molecule has 0 unspecified atom stereocenters. The number of hydrogen-bond donors (Lipinski definition) is 1. The Hall–Kier alpha value is -1.76. The zero-order valence-electron chi connectivity index (χ0n) is 15.7. The average molecular weight is 374 g/mol. The molecule has 1 aliphatic rings. The van der Waals surface area contributed by atoms with Crippen molar-refractivity contribution in [2.45, 2.75) is 45.4 Å². The topological polar surface area (TPSA) is 56.7 Å². The molecule has 1 aromatic carbocycles. The number of rotatable bonds is 6. The van der Waals surface area contributed by atoms with Crippen LogP contribution in [0.5, 0.6) is 0 Å². The van der Waals surface area contributed by atoms with Crippen LogP contribution in [0, 0.1) is 13.8 Å². The molecular weight excluding hydrogens is 346 g/mol. The summed E-state index contributed by atoms with van der Waals surface area (Å²) in [4.78, 5) is 21.2. The number of thiazole rings is 1. The molecule has 2 aromatic rings. The maximum atomic E-state index is 13.0. The number of aromatic nitrogens is 1. The van der Waals surface area contributed by atoms with Crippen LogP contribution in [0.25, 0.3) is 0 Å². The third-order valence-corrected chi connectivity index (χ3v) is 5.71. The fourth-order valence-electron chi connectivity index (χ4n) is 3.60. The number of benzene rings is 1. The molecule has 0 radical (unpaired) electrons. The standard InChI is InChI=1S/C20H27N3O2S/c1-15-6-4-7-17(10-15)11-23-9-5-8-20(25,19(23)24)14-22(3)12-18-21-16(2)13-26-18/h4,6-7,10,13,25H,5,8-9,11-12,14H2,1-3H3/t20-/m0/s1. The molecule has 1 aromatic heterocycles. The Bertz CT molecular complexity index is 776. The van der Waals surface area contributed by atoms with Crippen molar-refractivity contribution in [1.29, 1.82) is 0 Å². The normalized spacial score (nSPS) is 20.8. The number of amides is 1. The van der Waals surface area contributed by atoms with E-state index in [-0.39, 0.29) is 5.91 Å². The predicted octanol–water partition coefficient (Wildman–Crippen LogP) is 2.75. The van der Waals surface area contributed by atoms with E-state index in [0.717, 1.165) is 22.7 Å². The van der Waals surface area contributed by atoms with Crippen molar-refractivity contribution >= 4 is 17.2 Å². The van der Waals surface area contributed by atoms with Gasteiger partial charge in [-0.3, -0.25) is 9.69 Å². The predicted molar refractivity (Wildman–Crippen MR) is 104 cm³/mol. The Morgan fingerprint density at radius 3 is 2.88 bits per heavy atom. The van der Waals surface area contributed by atoms with E-state index in [2.05, 4.69) is 11.1 Å². The second-order valence-corrected chi connectivity index (χ2v) is 8.35. The van der Waals surface area contributed by atoms with Gasteiger partial charge in [-0.1, -0.05) is 29.8 Å². The van der Waals surface area contributed by atoms with E-state index >= 15 is 0 Å². The molecule has 3 rings (SSSR count). The van der Waals surface area contributed by atoms with Crippen LogP contribution >= 0.6 is 11.3 Å². The van der Waals surface area contributed by atoms with Gasteiger partial charge in [0.05, 0.1) is 6.54 Å². The molecule has 2 heterocycles. The molecule has 1 amide bonds. The summed E-state index contributed by atoms with van der Waals surface area (Å²) >= 11 is 1.61. The second kappa shape index (κ2) is 7.86. The third kappa shape index (κ3) is 4.50. The molecule has 1 atom stereocenters. The van der Waals surface area contributed by atoms with Crippen LogP contribution in [-0.2, 0) is 17.9 Å². The lowest BCUT2D eigenvalue weighted by Crippen LogP contribution is -2.57. The largest absolute Gasteiger partial charge is 0.379 e. The lowest BCUT2D eigenvalue weighted by Gasteiger charge is -2.40. The molecule has 1 aliphatic heterocycles. The van der Waals surface area contributed by atoms with Gasteiger partial charge in [-0.25, -0.2) is 4.98 Å². The fraction of sp³-hybridized carbons (Fsp3) is 0.500. The van der Waals surface area contributed by atoms with Gasteiger partial charge >= 0.3 is 0 Å². The monoisotopic (exact) mass is 373 g/mol.